The second kappa shape index (κ2) is 3.70. The van der Waals surface area contributed by atoms with Crippen LogP contribution in [-0.4, -0.2) is 35.8 Å². The minimum atomic E-state index is -1.68. The fourth-order valence-corrected chi connectivity index (χ4v) is 1.41. The molecule has 0 bridgehead atoms. The summed E-state index contributed by atoms with van der Waals surface area (Å²) in [5.74, 6) is 0. The maximum atomic E-state index is 10.9. The second-order valence-corrected chi connectivity index (χ2v) is 3.09. The molecule has 0 radical (unpaired) electrons. The van der Waals surface area contributed by atoms with Gasteiger partial charge in [-0.1, -0.05) is 0 Å². The molecule has 1 aliphatic heterocycles. The molecule has 0 amide bonds. The van der Waals surface area contributed by atoms with Crippen LogP contribution in [-0.2, 0) is 14.3 Å². The molecule has 1 saturated heterocycles. The van der Waals surface area contributed by atoms with Crippen molar-refractivity contribution >= 4 is 33.7 Å². The van der Waals surface area contributed by atoms with Crippen molar-refractivity contribution < 1.29 is 14.3 Å². The zero-order valence-corrected chi connectivity index (χ0v) is 7.61. The average Bonchev–Trinajstić information content (AvgIpc) is 2.05. The Kier molecular flexibility index (Phi) is 3.06. The standard InChI is InChI=1S/C6H7Cl2NO3/c7-4(10)6(5(8)11)3-9-1-2-12-6/h9H,1-3H2. The van der Waals surface area contributed by atoms with Gasteiger partial charge in [-0.15, -0.1) is 0 Å². The predicted molar refractivity (Wildman–Crippen MR) is 43.3 cm³/mol. The van der Waals surface area contributed by atoms with Crippen LogP contribution in [0.15, 0.2) is 0 Å². The van der Waals surface area contributed by atoms with Gasteiger partial charge in [-0.2, -0.15) is 0 Å². The molecular formula is C6H7Cl2NO3. The largest absolute Gasteiger partial charge is 0.355 e. The summed E-state index contributed by atoms with van der Waals surface area (Å²) in [4.78, 5) is 21.7. The van der Waals surface area contributed by atoms with Crippen LogP contribution < -0.4 is 5.32 Å². The van der Waals surface area contributed by atoms with Gasteiger partial charge in [0.2, 0.25) is 5.60 Å². The van der Waals surface area contributed by atoms with E-state index < -0.39 is 16.1 Å². The lowest BCUT2D eigenvalue weighted by Crippen LogP contribution is -2.57. The van der Waals surface area contributed by atoms with Crippen molar-refractivity contribution in [3.05, 3.63) is 0 Å². The Morgan fingerprint density at radius 2 is 1.92 bits per heavy atom. The predicted octanol–water partition coefficient (Wildman–Crippen LogP) is -0.124. The van der Waals surface area contributed by atoms with Crippen LogP contribution in [0.4, 0.5) is 0 Å². The van der Waals surface area contributed by atoms with Crippen LogP contribution in [0.25, 0.3) is 0 Å². The van der Waals surface area contributed by atoms with Crippen molar-refractivity contribution in [2.24, 2.45) is 0 Å². The molecule has 12 heavy (non-hydrogen) atoms. The summed E-state index contributed by atoms with van der Waals surface area (Å²) < 4.78 is 4.96. The molecule has 1 N–H and O–H groups in total. The number of rotatable bonds is 2. The molecule has 0 aliphatic carbocycles. The molecule has 4 nitrogen and oxygen atoms in total. The number of halogens is 2. The lowest BCUT2D eigenvalue weighted by Gasteiger charge is -2.30. The molecular weight excluding hydrogens is 205 g/mol. The fraction of sp³-hybridized carbons (Fsp3) is 0.667. The molecule has 0 saturated carbocycles. The van der Waals surface area contributed by atoms with Crippen molar-refractivity contribution in [2.45, 2.75) is 5.60 Å². The van der Waals surface area contributed by atoms with Crippen LogP contribution in [0.1, 0.15) is 0 Å². The number of ether oxygens (including phenoxy) is 1. The van der Waals surface area contributed by atoms with E-state index in [0.717, 1.165) is 0 Å². The molecule has 68 valence electrons. The second-order valence-electron chi connectivity index (χ2n) is 2.40. The molecule has 6 heteroatoms. The highest BCUT2D eigenvalue weighted by atomic mass is 35.5. The van der Waals surface area contributed by atoms with Crippen LogP contribution >= 0.6 is 23.2 Å². The van der Waals surface area contributed by atoms with Gasteiger partial charge in [0.05, 0.1) is 6.61 Å². The van der Waals surface area contributed by atoms with E-state index >= 15 is 0 Å². The third-order valence-corrected chi connectivity index (χ3v) is 2.25. The molecule has 1 fully saturated rings. The van der Waals surface area contributed by atoms with Crippen LogP contribution in [0.2, 0.25) is 0 Å². The Bertz CT molecular complexity index is 197. The average molecular weight is 212 g/mol. The topological polar surface area (TPSA) is 55.4 Å². The Morgan fingerprint density at radius 1 is 1.33 bits per heavy atom. The first-order valence-corrected chi connectivity index (χ1v) is 4.10. The third-order valence-electron chi connectivity index (χ3n) is 1.64. The van der Waals surface area contributed by atoms with E-state index in [1.807, 2.05) is 0 Å². The van der Waals surface area contributed by atoms with E-state index in [1.165, 1.54) is 0 Å². The maximum absolute atomic E-state index is 10.9. The van der Waals surface area contributed by atoms with Gasteiger partial charge in [0.1, 0.15) is 0 Å². The number of carbonyl (C=O) groups excluding carboxylic acids is 2. The number of nitrogens with one attached hydrogen (secondary N) is 1. The minimum Gasteiger partial charge on any atom is -0.355 e. The zero-order chi connectivity index (χ0) is 9.19. The Hall–Kier alpha value is -0.160. The van der Waals surface area contributed by atoms with Gasteiger partial charge >= 0.3 is 0 Å². The SMILES string of the molecule is O=C(Cl)C1(C(=O)Cl)CNCCO1. The summed E-state index contributed by atoms with van der Waals surface area (Å²) >= 11 is 10.4. The number of carbonyl (C=O) groups is 2. The molecule has 1 rings (SSSR count). The Balaban J connectivity index is 2.84. The van der Waals surface area contributed by atoms with Crippen molar-refractivity contribution in [1.29, 1.82) is 0 Å². The smallest absolute Gasteiger partial charge is 0.264 e. The van der Waals surface area contributed by atoms with Gasteiger partial charge in [0.25, 0.3) is 10.5 Å². The van der Waals surface area contributed by atoms with Gasteiger partial charge in [-0.05, 0) is 23.2 Å². The first kappa shape index (κ1) is 9.92. The van der Waals surface area contributed by atoms with E-state index in [-0.39, 0.29) is 13.2 Å². The molecule has 0 unspecified atom stereocenters. The highest BCUT2D eigenvalue weighted by Crippen LogP contribution is 2.20. The van der Waals surface area contributed by atoms with E-state index in [9.17, 15) is 9.59 Å². The Morgan fingerprint density at radius 3 is 2.17 bits per heavy atom. The normalized spacial score (nSPS) is 21.8. The third kappa shape index (κ3) is 1.61. The van der Waals surface area contributed by atoms with E-state index in [4.69, 9.17) is 27.9 Å². The fourth-order valence-electron chi connectivity index (χ4n) is 0.943. The monoisotopic (exact) mass is 211 g/mol. The lowest BCUT2D eigenvalue weighted by atomic mass is 10.1. The summed E-state index contributed by atoms with van der Waals surface area (Å²) in [5, 5.41) is 1.04. The van der Waals surface area contributed by atoms with E-state index in [1.54, 1.807) is 0 Å². The quantitative estimate of drug-likeness (QED) is 0.512. The molecule has 0 atom stereocenters. The summed E-state index contributed by atoms with van der Waals surface area (Å²) in [5.41, 5.74) is -1.68. The molecule has 0 aromatic rings. The molecule has 0 spiro atoms. The Labute approximate surface area is 79.2 Å². The van der Waals surface area contributed by atoms with Gasteiger partial charge < -0.3 is 10.1 Å². The lowest BCUT2D eigenvalue weighted by molar-refractivity contribution is -0.150. The summed E-state index contributed by atoms with van der Waals surface area (Å²) in [6, 6.07) is 0. The van der Waals surface area contributed by atoms with Crippen molar-refractivity contribution in [3.63, 3.8) is 0 Å². The van der Waals surface area contributed by atoms with E-state index in [2.05, 4.69) is 5.32 Å². The summed E-state index contributed by atoms with van der Waals surface area (Å²) in [7, 11) is 0. The van der Waals surface area contributed by atoms with Crippen molar-refractivity contribution in [1.82, 2.24) is 5.32 Å². The van der Waals surface area contributed by atoms with Crippen LogP contribution in [0.3, 0.4) is 0 Å². The van der Waals surface area contributed by atoms with Crippen LogP contribution in [0, 0.1) is 0 Å². The van der Waals surface area contributed by atoms with Crippen molar-refractivity contribution in [2.75, 3.05) is 19.7 Å². The number of hydrogen-bond acceptors (Lipinski definition) is 4. The first-order valence-electron chi connectivity index (χ1n) is 3.34. The van der Waals surface area contributed by atoms with E-state index in [0.29, 0.717) is 6.54 Å². The van der Waals surface area contributed by atoms with Gasteiger partial charge in [-0.3, -0.25) is 9.59 Å². The van der Waals surface area contributed by atoms with Crippen molar-refractivity contribution in [3.8, 4) is 0 Å². The summed E-state index contributed by atoms with van der Waals surface area (Å²) in [6.45, 7) is 0.866. The molecule has 1 aliphatic rings. The summed E-state index contributed by atoms with van der Waals surface area (Å²) in [6.07, 6.45) is 0. The number of hydrogen-bond donors (Lipinski definition) is 1. The minimum absolute atomic E-state index is 0.0394. The van der Waals surface area contributed by atoms with Gasteiger partial charge in [0, 0.05) is 13.1 Å². The van der Waals surface area contributed by atoms with Gasteiger partial charge in [-0.25, -0.2) is 0 Å². The molecule has 0 aromatic heterocycles. The zero-order valence-electron chi connectivity index (χ0n) is 6.10. The molecule has 1 heterocycles. The molecule has 0 aromatic carbocycles. The highest BCUT2D eigenvalue weighted by Gasteiger charge is 2.46. The van der Waals surface area contributed by atoms with Crippen LogP contribution in [0.5, 0.6) is 0 Å². The highest BCUT2D eigenvalue weighted by molar-refractivity contribution is 6.76. The maximum Gasteiger partial charge on any atom is 0.264 e. The van der Waals surface area contributed by atoms with Gasteiger partial charge in [0.15, 0.2) is 0 Å². The number of morpholine rings is 1. The first-order chi connectivity index (χ1) is 5.59.